The molecule has 1 unspecified atom stereocenters. The van der Waals surface area contributed by atoms with Crippen molar-refractivity contribution in [3.63, 3.8) is 0 Å². The lowest BCUT2D eigenvalue weighted by atomic mass is 10.0. The summed E-state index contributed by atoms with van der Waals surface area (Å²) in [4.78, 5) is 26.7. The van der Waals surface area contributed by atoms with Crippen LogP contribution in [0.5, 0.6) is 0 Å². The summed E-state index contributed by atoms with van der Waals surface area (Å²) in [5.74, 6) is -1.45. The lowest BCUT2D eigenvalue weighted by Crippen LogP contribution is -2.49. The van der Waals surface area contributed by atoms with Crippen molar-refractivity contribution in [3.8, 4) is 0 Å². The number of nitrogens with zero attached hydrogens (tertiary/aromatic N) is 2. The van der Waals surface area contributed by atoms with Crippen LogP contribution in [0.4, 0.5) is 4.79 Å². The summed E-state index contributed by atoms with van der Waals surface area (Å²) < 4.78 is 0. The van der Waals surface area contributed by atoms with Crippen molar-refractivity contribution in [2.45, 2.75) is 32.7 Å². The zero-order chi connectivity index (χ0) is 14.4. The molecule has 0 bridgehead atoms. The zero-order valence-electron chi connectivity index (χ0n) is 12.1. The summed E-state index contributed by atoms with van der Waals surface area (Å²) in [5.41, 5.74) is 0. The summed E-state index contributed by atoms with van der Waals surface area (Å²) in [7, 11) is 1.78. The lowest BCUT2D eigenvalue weighted by molar-refractivity contribution is -0.140. The van der Waals surface area contributed by atoms with Crippen molar-refractivity contribution < 1.29 is 14.7 Å². The van der Waals surface area contributed by atoms with Crippen LogP contribution in [-0.4, -0.2) is 66.2 Å². The number of hydrogen-bond acceptors (Lipinski definition) is 3. The number of carboxylic acid groups (broad SMARTS) is 1. The molecular weight excluding hydrogens is 246 g/mol. The van der Waals surface area contributed by atoms with E-state index in [1.54, 1.807) is 18.9 Å². The molecule has 0 spiro atoms. The quantitative estimate of drug-likeness (QED) is 0.777. The standard InChI is InChI=1S/C13H25N3O3/c1-4-16-7-5-11(6-8-16)15(3)13(19)14-9-10(2)12(17)18/h10-11H,4-9H2,1-3H3,(H,14,19)(H,17,18). The van der Waals surface area contributed by atoms with Crippen LogP contribution in [0.3, 0.4) is 0 Å². The third-order valence-corrected chi connectivity index (χ3v) is 3.85. The van der Waals surface area contributed by atoms with Gasteiger partial charge in [-0.15, -0.1) is 0 Å². The fourth-order valence-corrected chi connectivity index (χ4v) is 2.24. The average Bonchev–Trinajstić information content (AvgIpc) is 2.43. The van der Waals surface area contributed by atoms with Gasteiger partial charge in [-0.25, -0.2) is 4.79 Å². The van der Waals surface area contributed by atoms with E-state index in [-0.39, 0.29) is 18.6 Å². The van der Waals surface area contributed by atoms with Crippen molar-refractivity contribution in [3.05, 3.63) is 0 Å². The normalized spacial score (nSPS) is 18.9. The molecule has 1 aliphatic rings. The Bertz CT molecular complexity index is 314. The first-order chi connectivity index (χ1) is 8.95. The van der Waals surface area contributed by atoms with Gasteiger partial charge in [-0.3, -0.25) is 4.79 Å². The Morgan fingerprint density at radius 2 is 2.00 bits per heavy atom. The Balaban J connectivity index is 2.34. The van der Waals surface area contributed by atoms with Crippen LogP contribution in [0.25, 0.3) is 0 Å². The van der Waals surface area contributed by atoms with E-state index >= 15 is 0 Å². The summed E-state index contributed by atoms with van der Waals surface area (Å²) in [5, 5.41) is 11.4. The van der Waals surface area contributed by atoms with Crippen LogP contribution >= 0.6 is 0 Å². The highest BCUT2D eigenvalue weighted by Gasteiger charge is 2.25. The molecule has 0 radical (unpaired) electrons. The largest absolute Gasteiger partial charge is 0.481 e. The van der Waals surface area contributed by atoms with Gasteiger partial charge in [0, 0.05) is 32.7 Å². The smallest absolute Gasteiger partial charge is 0.317 e. The molecule has 0 saturated carbocycles. The molecule has 0 aromatic rings. The molecular formula is C13H25N3O3. The molecule has 6 nitrogen and oxygen atoms in total. The summed E-state index contributed by atoms with van der Waals surface area (Å²) in [6.45, 7) is 6.99. The predicted octanol–water partition coefficient (Wildman–Crippen LogP) is 0.833. The molecule has 110 valence electrons. The molecule has 1 heterocycles. The lowest BCUT2D eigenvalue weighted by Gasteiger charge is -2.36. The molecule has 0 aromatic heterocycles. The molecule has 0 aromatic carbocycles. The molecule has 1 saturated heterocycles. The number of piperidine rings is 1. The Kier molecular flexibility index (Phi) is 6.08. The number of rotatable bonds is 5. The molecule has 19 heavy (non-hydrogen) atoms. The monoisotopic (exact) mass is 271 g/mol. The molecule has 1 aliphatic heterocycles. The highest BCUT2D eigenvalue weighted by Crippen LogP contribution is 2.15. The maximum absolute atomic E-state index is 11.9. The first-order valence-corrected chi connectivity index (χ1v) is 6.91. The van der Waals surface area contributed by atoms with Gasteiger partial charge < -0.3 is 20.2 Å². The van der Waals surface area contributed by atoms with Crippen LogP contribution in [0.2, 0.25) is 0 Å². The van der Waals surface area contributed by atoms with Gasteiger partial charge >= 0.3 is 12.0 Å². The van der Waals surface area contributed by atoms with E-state index in [9.17, 15) is 9.59 Å². The van der Waals surface area contributed by atoms with Gasteiger partial charge in [-0.05, 0) is 19.4 Å². The molecule has 6 heteroatoms. The minimum atomic E-state index is -0.890. The van der Waals surface area contributed by atoms with Gasteiger partial charge in [-0.1, -0.05) is 13.8 Å². The SMILES string of the molecule is CCN1CCC(N(C)C(=O)NCC(C)C(=O)O)CC1. The summed E-state index contributed by atoms with van der Waals surface area (Å²) in [6.07, 6.45) is 1.96. The fourth-order valence-electron chi connectivity index (χ4n) is 2.24. The van der Waals surface area contributed by atoms with E-state index in [4.69, 9.17) is 5.11 Å². The van der Waals surface area contributed by atoms with Gasteiger partial charge in [0.1, 0.15) is 0 Å². The number of carboxylic acids is 1. The maximum Gasteiger partial charge on any atom is 0.317 e. The Morgan fingerprint density at radius 1 is 1.42 bits per heavy atom. The zero-order valence-corrected chi connectivity index (χ0v) is 12.1. The van der Waals surface area contributed by atoms with Crippen LogP contribution in [0, 0.1) is 5.92 Å². The number of carbonyl (C=O) groups is 2. The summed E-state index contributed by atoms with van der Waals surface area (Å²) >= 11 is 0. The van der Waals surface area contributed by atoms with Gasteiger partial charge in [-0.2, -0.15) is 0 Å². The van der Waals surface area contributed by atoms with E-state index in [2.05, 4.69) is 17.1 Å². The van der Waals surface area contributed by atoms with E-state index < -0.39 is 11.9 Å². The number of amides is 2. The first kappa shape index (κ1) is 15.8. The van der Waals surface area contributed by atoms with E-state index in [0.29, 0.717) is 0 Å². The number of likely N-dealkylation sites (tertiary alicyclic amines) is 1. The Hall–Kier alpha value is -1.30. The number of aliphatic carboxylic acids is 1. The maximum atomic E-state index is 11.9. The number of carbonyl (C=O) groups excluding carboxylic acids is 1. The minimum Gasteiger partial charge on any atom is -0.481 e. The second-order valence-electron chi connectivity index (χ2n) is 5.20. The first-order valence-electron chi connectivity index (χ1n) is 6.91. The molecule has 1 rings (SSSR count). The number of nitrogens with one attached hydrogen (secondary N) is 1. The summed E-state index contributed by atoms with van der Waals surface area (Å²) in [6, 6.07) is 0.0750. The van der Waals surface area contributed by atoms with Crippen LogP contribution in [-0.2, 0) is 4.79 Å². The predicted molar refractivity (Wildman–Crippen MR) is 73.1 cm³/mol. The van der Waals surface area contributed by atoms with E-state index in [1.807, 2.05) is 0 Å². The fraction of sp³-hybridized carbons (Fsp3) is 0.846. The highest BCUT2D eigenvalue weighted by molar-refractivity contribution is 5.76. The molecule has 0 aliphatic carbocycles. The number of hydrogen-bond donors (Lipinski definition) is 2. The second-order valence-corrected chi connectivity index (χ2v) is 5.20. The van der Waals surface area contributed by atoms with Gasteiger partial charge in [0.25, 0.3) is 0 Å². The Labute approximate surface area is 114 Å². The molecule has 2 N–H and O–H groups in total. The third-order valence-electron chi connectivity index (χ3n) is 3.85. The third kappa shape index (κ3) is 4.70. The van der Waals surface area contributed by atoms with Crippen LogP contribution in [0.15, 0.2) is 0 Å². The van der Waals surface area contributed by atoms with E-state index in [0.717, 1.165) is 32.5 Å². The van der Waals surface area contributed by atoms with Crippen LogP contribution in [0.1, 0.15) is 26.7 Å². The topological polar surface area (TPSA) is 72.9 Å². The second kappa shape index (κ2) is 7.33. The van der Waals surface area contributed by atoms with Crippen molar-refractivity contribution in [1.29, 1.82) is 0 Å². The van der Waals surface area contributed by atoms with E-state index in [1.165, 1.54) is 0 Å². The van der Waals surface area contributed by atoms with Gasteiger partial charge in [0.15, 0.2) is 0 Å². The number of urea groups is 1. The van der Waals surface area contributed by atoms with Gasteiger partial charge in [0.2, 0.25) is 0 Å². The van der Waals surface area contributed by atoms with Crippen molar-refractivity contribution in [2.75, 3.05) is 33.2 Å². The molecule has 1 atom stereocenters. The average molecular weight is 271 g/mol. The van der Waals surface area contributed by atoms with Crippen molar-refractivity contribution in [2.24, 2.45) is 5.92 Å². The van der Waals surface area contributed by atoms with Crippen LogP contribution < -0.4 is 5.32 Å². The molecule has 2 amide bonds. The van der Waals surface area contributed by atoms with Gasteiger partial charge in [0.05, 0.1) is 5.92 Å². The minimum absolute atomic E-state index is 0.173. The molecule has 1 fully saturated rings. The Morgan fingerprint density at radius 3 is 2.47 bits per heavy atom. The highest BCUT2D eigenvalue weighted by atomic mass is 16.4. The van der Waals surface area contributed by atoms with Crippen molar-refractivity contribution >= 4 is 12.0 Å². The van der Waals surface area contributed by atoms with Crippen molar-refractivity contribution in [1.82, 2.24) is 15.1 Å².